The van der Waals surface area contributed by atoms with Gasteiger partial charge in [-0.3, -0.25) is 9.59 Å². The van der Waals surface area contributed by atoms with Crippen LogP contribution in [0.2, 0.25) is 0 Å². The second kappa shape index (κ2) is 6.60. The van der Waals surface area contributed by atoms with Crippen LogP contribution in [0.1, 0.15) is 60.2 Å². The molecule has 0 aliphatic carbocycles. The molecule has 0 aromatic heterocycles. The topological polar surface area (TPSA) is 34.1 Å². The first-order valence-electron chi connectivity index (χ1n) is 5.93. The average molecular weight is 250 g/mol. The van der Waals surface area contributed by atoms with E-state index in [0.29, 0.717) is 22.4 Å². The van der Waals surface area contributed by atoms with Crippen LogP contribution in [-0.2, 0) is 0 Å². The quantitative estimate of drug-likeness (QED) is 0.471. The van der Waals surface area contributed by atoms with Crippen molar-refractivity contribution >= 4 is 24.2 Å². The van der Waals surface area contributed by atoms with E-state index in [1.54, 1.807) is 18.2 Å². The molecule has 0 aliphatic heterocycles. The lowest BCUT2D eigenvalue weighted by Crippen LogP contribution is -2.02. The van der Waals surface area contributed by atoms with Gasteiger partial charge in [-0.1, -0.05) is 25.8 Å². The molecule has 3 heteroatoms. The van der Waals surface area contributed by atoms with E-state index in [1.807, 2.05) is 0 Å². The number of Topliss-reactive ketones (excluding diaryl/α,β-unsaturated/α-hetero) is 2. The molecule has 92 valence electrons. The van der Waals surface area contributed by atoms with Crippen molar-refractivity contribution in [3.8, 4) is 0 Å². The maximum atomic E-state index is 11.9. The third kappa shape index (κ3) is 4.00. The molecule has 0 radical (unpaired) electrons. The maximum absolute atomic E-state index is 11.9. The molecule has 0 fully saturated rings. The highest BCUT2D eigenvalue weighted by Gasteiger charge is 2.10. The first kappa shape index (κ1) is 14.0. The zero-order valence-electron chi connectivity index (χ0n) is 10.3. The molecule has 0 spiro atoms. The monoisotopic (exact) mass is 250 g/mol. The van der Waals surface area contributed by atoms with E-state index in [4.69, 9.17) is 0 Å². The first-order valence-corrected chi connectivity index (χ1v) is 6.38. The van der Waals surface area contributed by atoms with Gasteiger partial charge in [0.05, 0.1) is 0 Å². The number of ketones is 2. The van der Waals surface area contributed by atoms with Crippen LogP contribution in [0, 0.1) is 0 Å². The molecule has 17 heavy (non-hydrogen) atoms. The van der Waals surface area contributed by atoms with Gasteiger partial charge in [-0.15, -0.1) is 12.6 Å². The van der Waals surface area contributed by atoms with Crippen LogP contribution in [0.4, 0.5) is 0 Å². The van der Waals surface area contributed by atoms with Crippen LogP contribution in [0.15, 0.2) is 23.1 Å². The summed E-state index contributed by atoms with van der Waals surface area (Å²) >= 11 is 4.21. The minimum absolute atomic E-state index is 0.0572. The highest BCUT2D eigenvalue weighted by atomic mass is 32.1. The Morgan fingerprint density at radius 3 is 2.53 bits per heavy atom. The van der Waals surface area contributed by atoms with Crippen molar-refractivity contribution < 1.29 is 9.59 Å². The molecule has 1 aromatic carbocycles. The summed E-state index contributed by atoms with van der Waals surface area (Å²) in [5, 5.41) is 0. The number of benzene rings is 1. The third-order valence-corrected chi connectivity index (χ3v) is 3.10. The fourth-order valence-electron chi connectivity index (χ4n) is 1.67. The van der Waals surface area contributed by atoms with Gasteiger partial charge in [-0.25, -0.2) is 0 Å². The van der Waals surface area contributed by atoms with Crippen molar-refractivity contribution in [2.24, 2.45) is 0 Å². The van der Waals surface area contributed by atoms with Crippen LogP contribution in [0.25, 0.3) is 0 Å². The number of hydrogen-bond donors (Lipinski definition) is 1. The standard InChI is InChI=1S/C14H18O2S/c1-3-4-5-6-13(16)11-7-8-14(17)12(9-11)10(2)15/h7-9,17H,3-6H2,1-2H3. The van der Waals surface area contributed by atoms with E-state index in [1.165, 1.54) is 6.92 Å². The van der Waals surface area contributed by atoms with Crippen LogP contribution in [-0.4, -0.2) is 11.6 Å². The number of carbonyl (C=O) groups excluding carboxylic acids is 2. The minimum Gasteiger partial charge on any atom is -0.294 e. The average Bonchev–Trinajstić information content (AvgIpc) is 2.29. The first-order chi connectivity index (χ1) is 8.06. The molecule has 0 bridgehead atoms. The molecule has 0 heterocycles. The van der Waals surface area contributed by atoms with Crippen LogP contribution >= 0.6 is 12.6 Å². The summed E-state index contributed by atoms with van der Waals surface area (Å²) in [7, 11) is 0. The molecule has 0 saturated carbocycles. The van der Waals surface area contributed by atoms with Crippen molar-refractivity contribution in [3.63, 3.8) is 0 Å². The van der Waals surface area contributed by atoms with Crippen LogP contribution in [0.5, 0.6) is 0 Å². The Morgan fingerprint density at radius 1 is 1.24 bits per heavy atom. The Bertz CT molecular complexity index is 424. The summed E-state index contributed by atoms with van der Waals surface area (Å²) in [5.74, 6) is 0.0486. The Kier molecular flexibility index (Phi) is 5.42. The van der Waals surface area contributed by atoms with Crippen molar-refractivity contribution in [3.05, 3.63) is 29.3 Å². The highest BCUT2D eigenvalue weighted by molar-refractivity contribution is 7.80. The van der Waals surface area contributed by atoms with Gasteiger partial charge in [0, 0.05) is 22.4 Å². The van der Waals surface area contributed by atoms with Crippen molar-refractivity contribution in [2.75, 3.05) is 0 Å². The number of rotatable bonds is 6. The summed E-state index contributed by atoms with van der Waals surface area (Å²) in [5.41, 5.74) is 1.14. The van der Waals surface area contributed by atoms with Gasteiger partial charge in [0.2, 0.25) is 0 Å². The fourth-order valence-corrected chi connectivity index (χ4v) is 1.97. The summed E-state index contributed by atoms with van der Waals surface area (Å²) in [4.78, 5) is 23.8. The molecule has 0 unspecified atom stereocenters. The Morgan fingerprint density at radius 2 is 1.94 bits per heavy atom. The third-order valence-electron chi connectivity index (χ3n) is 2.71. The summed E-state index contributed by atoms with van der Waals surface area (Å²) in [6.07, 6.45) is 3.63. The second-order valence-corrected chi connectivity index (χ2v) is 4.65. The van der Waals surface area contributed by atoms with Crippen molar-refractivity contribution in [1.82, 2.24) is 0 Å². The Labute approximate surface area is 108 Å². The maximum Gasteiger partial charge on any atom is 0.162 e. The van der Waals surface area contributed by atoms with Gasteiger partial charge in [0.25, 0.3) is 0 Å². The second-order valence-electron chi connectivity index (χ2n) is 4.17. The van der Waals surface area contributed by atoms with E-state index in [9.17, 15) is 9.59 Å². The van der Waals surface area contributed by atoms with E-state index in [-0.39, 0.29) is 11.6 Å². The lowest BCUT2D eigenvalue weighted by atomic mass is 10.0. The van der Waals surface area contributed by atoms with Crippen LogP contribution < -0.4 is 0 Å². The predicted molar refractivity (Wildman–Crippen MR) is 72.2 cm³/mol. The van der Waals surface area contributed by atoms with E-state index >= 15 is 0 Å². The Hall–Kier alpha value is -1.09. The molecule has 0 N–H and O–H groups in total. The van der Waals surface area contributed by atoms with Crippen LogP contribution in [0.3, 0.4) is 0 Å². The number of hydrogen-bond acceptors (Lipinski definition) is 3. The molecule has 0 atom stereocenters. The van der Waals surface area contributed by atoms with E-state index in [2.05, 4.69) is 19.6 Å². The number of unbranched alkanes of at least 4 members (excludes halogenated alkanes) is 2. The molecule has 1 aromatic rings. The largest absolute Gasteiger partial charge is 0.294 e. The summed E-state index contributed by atoms with van der Waals surface area (Å²) < 4.78 is 0. The zero-order chi connectivity index (χ0) is 12.8. The minimum atomic E-state index is -0.0572. The zero-order valence-corrected chi connectivity index (χ0v) is 11.2. The smallest absolute Gasteiger partial charge is 0.162 e. The van der Waals surface area contributed by atoms with Gasteiger partial charge in [0.15, 0.2) is 11.6 Å². The van der Waals surface area contributed by atoms with Gasteiger partial charge < -0.3 is 0 Å². The van der Waals surface area contributed by atoms with Crippen molar-refractivity contribution in [2.45, 2.75) is 44.4 Å². The SMILES string of the molecule is CCCCCC(=O)c1ccc(S)c(C(C)=O)c1. The summed E-state index contributed by atoms with van der Waals surface area (Å²) in [6, 6.07) is 5.11. The van der Waals surface area contributed by atoms with E-state index < -0.39 is 0 Å². The number of carbonyl (C=O) groups is 2. The molecule has 0 amide bonds. The van der Waals surface area contributed by atoms with Gasteiger partial charge in [-0.05, 0) is 25.5 Å². The Balaban J connectivity index is 2.81. The number of thiol groups is 1. The molecular weight excluding hydrogens is 232 g/mol. The molecule has 1 rings (SSSR count). The van der Waals surface area contributed by atoms with E-state index in [0.717, 1.165) is 19.3 Å². The fraction of sp³-hybridized carbons (Fsp3) is 0.429. The normalized spacial score (nSPS) is 10.3. The molecule has 2 nitrogen and oxygen atoms in total. The lowest BCUT2D eigenvalue weighted by Gasteiger charge is -2.05. The molecule has 0 aliphatic rings. The molecule has 0 saturated heterocycles. The lowest BCUT2D eigenvalue weighted by molar-refractivity contribution is 0.0979. The predicted octanol–water partition coefficient (Wildman–Crippen LogP) is 3.94. The van der Waals surface area contributed by atoms with Gasteiger partial charge in [0.1, 0.15) is 0 Å². The summed E-state index contributed by atoms with van der Waals surface area (Å²) in [6.45, 7) is 3.59. The van der Waals surface area contributed by atoms with Gasteiger partial charge >= 0.3 is 0 Å². The molecular formula is C14H18O2S. The van der Waals surface area contributed by atoms with Crippen molar-refractivity contribution in [1.29, 1.82) is 0 Å². The van der Waals surface area contributed by atoms with Gasteiger partial charge in [-0.2, -0.15) is 0 Å². The highest BCUT2D eigenvalue weighted by Crippen LogP contribution is 2.18.